The van der Waals surface area contributed by atoms with E-state index in [2.05, 4.69) is 5.32 Å². The van der Waals surface area contributed by atoms with Crippen LogP contribution in [-0.2, 0) is 14.3 Å². The zero-order valence-electron chi connectivity index (χ0n) is 13.5. The van der Waals surface area contributed by atoms with Gasteiger partial charge in [0.15, 0.2) is 0 Å². The van der Waals surface area contributed by atoms with Crippen molar-refractivity contribution in [3.8, 4) is 0 Å². The van der Waals surface area contributed by atoms with E-state index in [1.807, 2.05) is 0 Å². The second-order valence-electron chi connectivity index (χ2n) is 6.90. The first-order valence-electron chi connectivity index (χ1n) is 7.30. The lowest BCUT2D eigenvalue weighted by Gasteiger charge is -2.34. The minimum absolute atomic E-state index is 0.131. The van der Waals surface area contributed by atoms with Crippen LogP contribution in [0.2, 0.25) is 0 Å². The van der Waals surface area contributed by atoms with Crippen molar-refractivity contribution >= 4 is 12.1 Å². The van der Waals surface area contributed by atoms with Crippen LogP contribution in [0.4, 0.5) is 9.18 Å². The van der Waals surface area contributed by atoms with Gasteiger partial charge in [-0.2, -0.15) is 0 Å². The Bertz CT molecular complexity index is 380. The van der Waals surface area contributed by atoms with Crippen molar-refractivity contribution in [3.05, 3.63) is 0 Å². The van der Waals surface area contributed by atoms with Gasteiger partial charge in [-0.3, -0.25) is 0 Å². The summed E-state index contributed by atoms with van der Waals surface area (Å²) in [5.41, 5.74) is -1.84. The molecule has 1 rings (SSSR count). The van der Waals surface area contributed by atoms with Crippen LogP contribution in [0.25, 0.3) is 0 Å². The summed E-state index contributed by atoms with van der Waals surface area (Å²) in [5.74, 6) is -0.651. The molecule has 122 valence electrons. The number of nitrogens with one attached hydrogen (secondary N) is 1. The molecule has 0 bridgehead atoms. The van der Waals surface area contributed by atoms with Gasteiger partial charge in [0.2, 0.25) is 0 Å². The second kappa shape index (κ2) is 6.62. The molecule has 0 unspecified atom stereocenters. The van der Waals surface area contributed by atoms with Crippen molar-refractivity contribution in [3.63, 3.8) is 0 Å². The Labute approximate surface area is 125 Å². The molecular formula is C15H26FNO4. The summed E-state index contributed by atoms with van der Waals surface area (Å²) < 4.78 is 23.8. The van der Waals surface area contributed by atoms with E-state index in [-0.39, 0.29) is 5.92 Å². The van der Waals surface area contributed by atoms with Crippen molar-refractivity contribution in [2.45, 2.75) is 70.7 Å². The van der Waals surface area contributed by atoms with Gasteiger partial charge in [0.25, 0.3) is 0 Å². The molecule has 6 heteroatoms. The maximum Gasteiger partial charge on any atom is 0.408 e. The van der Waals surface area contributed by atoms with Gasteiger partial charge in [-0.25, -0.2) is 14.0 Å². The minimum atomic E-state index is -1.19. The Morgan fingerprint density at radius 1 is 1.29 bits per heavy atom. The van der Waals surface area contributed by atoms with Crippen LogP contribution in [0.5, 0.6) is 0 Å². The number of halogens is 1. The number of rotatable bonds is 3. The highest BCUT2D eigenvalue weighted by Gasteiger charge is 2.38. The number of amides is 1. The third kappa shape index (κ3) is 5.89. The molecule has 0 saturated heterocycles. The van der Waals surface area contributed by atoms with Crippen molar-refractivity contribution in [1.82, 2.24) is 5.32 Å². The number of hydrogen-bond donors (Lipinski definition) is 1. The summed E-state index contributed by atoms with van der Waals surface area (Å²) in [5, 5.41) is 2.56. The first-order valence-corrected chi connectivity index (χ1v) is 7.30. The topological polar surface area (TPSA) is 64.6 Å². The van der Waals surface area contributed by atoms with Crippen molar-refractivity contribution in [1.29, 1.82) is 0 Å². The van der Waals surface area contributed by atoms with Gasteiger partial charge in [-0.1, -0.05) is 0 Å². The summed E-state index contributed by atoms with van der Waals surface area (Å²) >= 11 is 0. The van der Waals surface area contributed by atoms with E-state index in [1.165, 1.54) is 7.11 Å². The first kappa shape index (κ1) is 17.7. The van der Waals surface area contributed by atoms with Gasteiger partial charge in [-0.15, -0.1) is 0 Å². The Morgan fingerprint density at radius 3 is 2.24 bits per heavy atom. The fourth-order valence-corrected chi connectivity index (χ4v) is 2.51. The predicted octanol–water partition coefficient (Wildman–Crippen LogP) is 2.97. The number of carbonyl (C=O) groups is 2. The first-order chi connectivity index (χ1) is 9.54. The predicted molar refractivity (Wildman–Crippen MR) is 76.6 cm³/mol. The molecule has 0 aliphatic heterocycles. The fourth-order valence-electron chi connectivity index (χ4n) is 2.51. The molecule has 0 aromatic carbocycles. The fraction of sp³-hybridized carbons (Fsp3) is 0.867. The molecule has 1 fully saturated rings. The van der Waals surface area contributed by atoms with Crippen molar-refractivity contribution in [2.24, 2.45) is 5.92 Å². The lowest BCUT2D eigenvalue weighted by atomic mass is 9.77. The Kier molecular flexibility index (Phi) is 5.59. The average molecular weight is 303 g/mol. The zero-order valence-corrected chi connectivity index (χ0v) is 13.5. The van der Waals surface area contributed by atoms with Crippen LogP contribution in [0, 0.1) is 5.92 Å². The molecule has 1 saturated carbocycles. The Balaban J connectivity index is 2.69. The van der Waals surface area contributed by atoms with Gasteiger partial charge in [0.1, 0.15) is 17.3 Å². The number of alkyl halides is 1. The van der Waals surface area contributed by atoms with Crippen LogP contribution in [0.1, 0.15) is 53.4 Å². The molecular weight excluding hydrogens is 277 g/mol. The summed E-state index contributed by atoms with van der Waals surface area (Å²) in [4.78, 5) is 23.7. The third-order valence-electron chi connectivity index (χ3n) is 3.67. The highest BCUT2D eigenvalue weighted by atomic mass is 19.1. The summed E-state index contributed by atoms with van der Waals surface area (Å²) in [6.07, 6.45) is 1.15. The van der Waals surface area contributed by atoms with E-state index in [4.69, 9.17) is 9.47 Å². The maximum absolute atomic E-state index is 13.8. The summed E-state index contributed by atoms with van der Waals surface area (Å²) in [6, 6.07) is -0.791. The summed E-state index contributed by atoms with van der Waals surface area (Å²) in [6.45, 7) is 6.80. The molecule has 1 aliphatic rings. The lowest BCUT2D eigenvalue weighted by molar-refractivity contribution is -0.145. The standard InChI is InChI=1S/C15H26FNO4/c1-14(2,3)21-13(19)17-11(12(18)20-5)10-6-8-15(4,16)9-7-10/h10-11H,6-9H2,1-5H3,(H,17,19)/t10?,11-,15?/m0/s1. The quantitative estimate of drug-likeness (QED) is 0.814. The third-order valence-corrected chi connectivity index (χ3v) is 3.67. The SMILES string of the molecule is COC(=O)[C@@H](NC(=O)OC(C)(C)C)C1CCC(C)(F)CC1. The minimum Gasteiger partial charge on any atom is -0.467 e. The maximum atomic E-state index is 13.8. The molecule has 0 heterocycles. The molecule has 1 amide bonds. The smallest absolute Gasteiger partial charge is 0.408 e. The normalized spacial score (nSPS) is 27.6. The van der Waals surface area contributed by atoms with E-state index in [0.717, 1.165) is 0 Å². The zero-order chi connectivity index (χ0) is 16.3. The number of alkyl carbamates (subject to hydrolysis) is 1. The van der Waals surface area contributed by atoms with Crippen LogP contribution < -0.4 is 5.32 Å². The molecule has 0 aromatic heterocycles. The van der Waals surface area contributed by atoms with E-state index in [9.17, 15) is 14.0 Å². The Morgan fingerprint density at radius 2 is 1.81 bits per heavy atom. The lowest BCUT2D eigenvalue weighted by Crippen LogP contribution is -2.49. The van der Waals surface area contributed by atoms with Crippen LogP contribution in [0.3, 0.4) is 0 Å². The van der Waals surface area contributed by atoms with Gasteiger partial charge in [-0.05, 0) is 59.3 Å². The highest BCUT2D eigenvalue weighted by Crippen LogP contribution is 2.36. The number of ether oxygens (including phenoxy) is 2. The number of methoxy groups -OCH3 is 1. The van der Waals surface area contributed by atoms with Crippen molar-refractivity contribution < 1.29 is 23.5 Å². The van der Waals surface area contributed by atoms with Crippen LogP contribution in [0.15, 0.2) is 0 Å². The molecule has 0 spiro atoms. The molecule has 1 N–H and O–H groups in total. The monoisotopic (exact) mass is 303 g/mol. The van der Waals surface area contributed by atoms with Gasteiger partial charge in [0.05, 0.1) is 7.11 Å². The molecule has 0 radical (unpaired) electrons. The summed E-state index contributed by atoms with van der Waals surface area (Å²) in [7, 11) is 1.27. The Hall–Kier alpha value is -1.33. The average Bonchev–Trinajstić information content (AvgIpc) is 2.33. The number of carbonyl (C=O) groups excluding carboxylic acids is 2. The van der Waals surface area contributed by atoms with E-state index >= 15 is 0 Å². The van der Waals surface area contributed by atoms with Gasteiger partial charge < -0.3 is 14.8 Å². The molecule has 1 aliphatic carbocycles. The number of hydrogen-bond acceptors (Lipinski definition) is 4. The van der Waals surface area contributed by atoms with E-state index in [0.29, 0.717) is 25.7 Å². The van der Waals surface area contributed by atoms with Crippen molar-refractivity contribution in [2.75, 3.05) is 7.11 Å². The largest absolute Gasteiger partial charge is 0.467 e. The van der Waals surface area contributed by atoms with Crippen LogP contribution in [-0.4, -0.2) is 36.5 Å². The van der Waals surface area contributed by atoms with E-state index < -0.39 is 29.4 Å². The molecule has 1 atom stereocenters. The molecule has 0 aromatic rings. The van der Waals surface area contributed by atoms with Crippen LogP contribution >= 0.6 is 0 Å². The van der Waals surface area contributed by atoms with Gasteiger partial charge >= 0.3 is 12.1 Å². The second-order valence-corrected chi connectivity index (χ2v) is 6.90. The van der Waals surface area contributed by atoms with Gasteiger partial charge in [0, 0.05) is 0 Å². The molecule has 5 nitrogen and oxygen atoms in total. The molecule has 21 heavy (non-hydrogen) atoms. The highest BCUT2D eigenvalue weighted by molar-refractivity contribution is 5.81. The number of esters is 1. The van der Waals surface area contributed by atoms with E-state index in [1.54, 1.807) is 27.7 Å².